The van der Waals surface area contributed by atoms with Crippen LogP contribution in [0, 0.1) is 11.3 Å². The fourth-order valence-corrected chi connectivity index (χ4v) is 2.42. The quantitative estimate of drug-likeness (QED) is 0.820. The number of pyridine rings is 1. The minimum absolute atomic E-state index is 0.0789. The predicted molar refractivity (Wildman–Crippen MR) is 70.1 cm³/mol. The van der Waals surface area contributed by atoms with E-state index >= 15 is 0 Å². The second-order valence-electron chi connectivity index (χ2n) is 4.63. The first-order chi connectivity index (χ1) is 8.76. The molecule has 0 aliphatic carbocycles. The van der Waals surface area contributed by atoms with Crippen LogP contribution < -0.4 is 10.6 Å². The molecule has 1 atom stereocenters. The number of hydrogen-bond acceptors (Lipinski definition) is 5. The summed E-state index contributed by atoms with van der Waals surface area (Å²) in [6.45, 7) is 0.968. The molecule has 1 aromatic heterocycles. The molecule has 96 valence electrons. The van der Waals surface area contributed by atoms with E-state index in [9.17, 15) is 5.11 Å². The zero-order chi connectivity index (χ0) is 13.0. The molecule has 5 heteroatoms. The molecule has 1 aliphatic heterocycles. The second-order valence-corrected chi connectivity index (χ2v) is 4.63. The van der Waals surface area contributed by atoms with E-state index < -0.39 is 0 Å². The van der Waals surface area contributed by atoms with Gasteiger partial charge in [0.15, 0.2) is 5.82 Å². The van der Waals surface area contributed by atoms with E-state index in [0.717, 1.165) is 25.8 Å². The lowest BCUT2D eigenvalue weighted by molar-refractivity contribution is 0.254. The van der Waals surface area contributed by atoms with Crippen molar-refractivity contribution >= 4 is 11.5 Å². The molecule has 2 rings (SSSR count). The van der Waals surface area contributed by atoms with E-state index in [0.29, 0.717) is 17.1 Å². The average molecular weight is 246 g/mol. The summed E-state index contributed by atoms with van der Waals surface area (Å²) in [6, 6.07) is 3.74. The van der Waals surface area contributed by atoms with Crippen molar-refractivity contribution in [1.29, 1.82) is 5.26 Å². The lowest BCUT2D eigenvalue weighted by Crippen LogP contribution is -2.38. The zero-order valence-electron chi connectivity index (χ0n) is 10.3. The van der Waals surface area contributed by atoms with Gasteiger partial charge in [-0.2, -0.15) is 5.26 Å². The van der Waals surface area contributed by atoms with Crippen molar-refractivity contribution in [3.8, 4) is 6.07 Å². The smallest absolute Gasteiger partial charge is 0.152 e. The summed E-state index contributed by atoms with van der Waals surface area (Å²) in [5.41, 5.74) is 6.93. The van der Waals surface area contributed by atoms with Crippen molar-refractivity contribution in [3.05, 3.63) is 17.8 Å². The minimum Gasteiger partial charge on any atom is -0.396 e. The van der Waals surface area contributed by atoms with Crippen molar-refractivity contribution < 1.29 is 5.11 Å². The maximum absolute atomic E-state index is 9.48. The molecule has 0 amide bonds. The highest BCUT2D eigenvalue weighted by Gasteiger charge is 2.23. The van der Waals surface area contributed by atoms with Gasteiger partial charge in [0.1, 0.15) is 6.07 Å². The maximum Gasteiger partial charge on any atom is 0.152 e. The summed E-state index contributed by atoms with van der Waals surface area (Å²) in [7, 11) is 0. The van der Waals surface area contributed by atoms with Crippen LogP contribution in [0.25, 0.3) is 0 Å². The van der Waals surface area contributed by atoms with E-state index in [1.54, 1.807) is 6.07 Å². The van der Waals surface area contributed by atoms with Gasteiger partial charge in [-0.25, -0.2) is 4.98 Å². The molecule has 18 heavy (non-hydrogen) atoms. The molecule has 5 nitrogen and oxygen atoms in total. The van der Waals surface area contributed by atoms with Gasteiger partial charge in [-0.05, 0) is 18.9 Å². The highest BCUT2D eigenvalue weighted by molar-refractivity contribution is 5.65. The first-order valence-electron chi connectivity index (χ1n) is 6.29. The Kier molecular flexibility index (Phi) is 4.00. The Hall–Kier alpha value is -1.80. The first-order valence-corrected chi connectivity index (χ1v) is 6.29. The molecule has 1 unspecified atom stereocenters. The van der Waals surface area contributed by atoms with Crippen LogP contribution in [0.1, 0.15) is 31.2 Å². The fraction of sp³-hybridized carbons (Fsp3) is 0.538. The molecule has 1 aliphatic rings. The van der Waals surface area contributed by atoms with E-state index in [2.05, 4.69) is 9.88 Å². The van der Waals surface area contributed by atoms with E-state index in [4.69, 9.17) is 11.0 Å². The number of rotatable bonds is 2. The number of aliphatic hydroxyl groups is 1. The van der Waals surface area contributed by atoms with Gasteiger partial charge < -0.3 is 15.7 Å². The van der Waals surface area contributed by atoms with Crippen LogP contribution in [0.5, 0.6) is 0 Å². The van der Waals surface area contributed by atoms with Gasteiger partial charge in [0.2, 0.25) is 0 Å². The lowest BCUT2D eigenvalue weighted by Gasteiger charge is -2.30. The Labute approximate surface area is 107 Å². The molecule has 1 saturated heterocycles. The van der Waals surface area contributed by atoms with Crippen molar-refractivity contribution in [3.63, 3.8) is 0 Å². The lowest BCUT2D eigenvalue weighted by atomic mass is 10.1. The number of hydrogen-bond donors (Lipinski definition) is 2. The first kappa shape index (κ1) is 12.7. The van der Waals surface area contributed by atoms with Crippen molar-refractivity contribution in [2.24, 2.45) is 0 Å². The van der Waals surface area contributed by atoms with E-state index in [-0.39, 0.29) is 12.6 Å². The molecule has 3 N–H and O–H groups in total. The number of aromatic nitrogens is 1. The highest BCUT2D eigenvalue weighted by atomic mass is 16.3. The highest BCUT2D eigenvalue weighted by Crippen LogP contribution is 2.27. The van der Waals surface area contributed by atoms with Crippen LogP contribution in [-0.4, -0.2) is 29.3 Å². The zero-order valence-corrected chi connectivity index (χ0v) is 10.3. The summed E-state index contributed by atoms with van der Waals surface area (Å²) in [5, 5.41) is 18.3. The summed E-state index contributed by atoms with van der Waals surface area (Å²) in [5.74, 6) is 0.690. The van der Waals surface area contributed by atoms with Gasteiger partial charge >= 0.3 is 0 Å². The van der Waals surface area contributed by atoms with Gasteiger partial charge in [-0.1, -0.05) is 12.8 Å². The summed E-state index contributed by atoms with van der Waals surface area (Å²) in [6.07, 6.45) is 5.86. The third-order valence-electron chi connectivity index (χ3n) is 3.38. The standard InChI is InChI=1S/C13H18N4O/c14-7-10-6-12(15)13(16-8-10)17-5-3-1-2-4-11(17)9-18/h6,8,11,18H,1-5,9,15H2. The summed E-state index contributed by atoms with van der Waals surface area (Å²) < 4.78 is 0. The Morgan fingerprint density at radius 2 is 2.33 bits per heavy atom. The number of nitrogens with zero attached hydrogens (tertiary/aromatic N) is 3. The topological polar surface area (TPSA) is 86.2 Å². The van der Waals surface area contributed by atoms with Gasteiger partial charge in [-0.15, -0.1) is 0 Å². The molecule has 2 heterocycles. The minimum atomic E-state index is 0.0789. The number of aliphatic hydroxyl groups excluding tert-OH is 1. The Morgan fingerprint density at radius 1 is 1.50 bits per heavy atom. The number of nitrogens with two attached hydrogens (primary N) is 1. The monoisotopic (exact) mass is 246 g/mol. The molecule has 0 spiro atoms. The average Bonchev–Trinajstić information content (AvgIpc) is 2.63. The molecule has 0 bridgehead atoms. The van der Waals surface area contributed by atoms with Gasteiger partial charge in [0.05, 0.1) is 23.9 Å². The normalized spacial score (nSPS) is 20.2. The third kappa shape index (κ3) is 2.54. The number of nitriles is 1. The van der Waals surface area contributed by atoms with Gasteiger partial charge in [-0.3, -0.25) is 0 Å². The van der Waals surface area contributed by atoms with E-state index in [1.165, 1.54) is 12.6 Å². The Morgan fingerprint density at radius 3 is 3.00 bits per heavy atom. The van der Waals surface area contributed by atoms with Crippen LogP contribution in [0.4, 0.5) is 11.5 Å². The van der Waals surface area contributed by atoms with Crippen molar-refractivity contribution in [2.75, 3.05) is 23.8 Å². The number of nitrogen functional groups attached to an aromatic ring is 1. The largest absolute Gasteiger partial charge is 0.396 e. The Bertz CT molecular complexity index is 455. The van der Waals surface area contributed by atoms with Crippen molar-refractivity contribution in [1.82, 2.24) is 4.98 Å². The van der Waals surface area contributed by atoms with Crippen LogP contribution in [-0.2, 0) is 0 Å². The SMILES string of the molecule is N#Cc1cnc(N2CCCCCC2CO)c(N)c1. The summed E-state index contributed by atoms with van der Waals surface area (Å²) >= 11 is 0. The molecular weight excluding hydrogens is 228 g/mol. The van der Waals surface area contributed by atoms with Gasteiger partial charge in [0, 0.05) is 12.7 Å². The van der Waals surface area contributed by atoms with E-state index in [1.807, 2.05) is 6.07 Å². The Balaban J connectivity index is 2.30. The summed E-state index contributed by atoms with van der Waals surface area (Å²) in [4.78, 5) is 6.35. The molecule has 1 aromatic rings. The molecule has 0 aromatic carbocycles. The van der Waals surface area contributed by atoms with Gasteiger partial charge in [0.25, 0.3) is 0 Å². The van der Waals surface area contributed by atoms with Crippen LogP contribution in [0.3, 0.4) is 0 Å². The van der Waals surface area contributed by atoms with Crippen LogP contribution in [0.15, 0.2) is 12.3 Å². The third-order valence-corrected chi connectivity index (χ3v) is 3.38. The van der Waals surface area contributed by atoms with Crippen molar-refractivity contribution in [2.45, 2.75) is 31.7 Å². The molecular formula is C13H18N4O. The molecule has 0 saturated carbocycles. The van der Waals surface area contributed by atoms with Crippen LogP contribution >= 0.6 is 0 Å². The van der Waals surface area contributed by atoms with Crippen LogP contribution in [0.2, 0.25) is 0 Å². The fourth-order valence-electron chi connectivity index (χ4n) is 2.42. The maximum atomic E-state index is 9.48. The second kappa shape index (κ2) is 5.69. The molecule has 1 fully saturated rings. The number of anilines is 2. The predicted octanol–water partition coefficient (Wildman–Crippen LogP) is 1.28. The molecule has 0 radical (unpaired) electrons.